The minimum absolute atomic E-state index is 0.125. The molecule has 0 atom stereocenters. The van der Waals surface area contributed by atoms with Gasteiger partial charge in [-0.25, -0.2) is 0 Å². The molecule has 0 bridgehead atoms. The third-order valence-electron chi connectivity index (χ3n) is 2.81. The van der Waals surface area contributed by atoms with Crippen LogP contribution in [0.4, 0.5) is 0 Å². The second kappa shape index (κ2) is 4.38. The van der Waals surface area contributed by atoms with Gasteiger partial charge >= 0.3 is 0 Å². The Balaban J connectivity index is 2.43. The first-order valence-corrected chi connectivity index (χ1v) is 5.76. The van der Waals surface area contributed by atoms with Crippen molar-refractivity contribution >= 4 is 35.2 Å². The van der Waals surface area contributed by atoms with Crippen molar-refractivity contribution in [3.63, 3.8) is 0 Å². The van der Waals surface area contributed by atoms with Crippen LogP contribution in [0.25, 0.3) is 6.08 Å². The lowest BCUT2D eigenvalue weighted by Crippen LogP contribution is -2.52. The third kappa shape index (κ3) is 1.95. The van der Waals surface area contributed by atoms with E-state index in [0.29, 0.717) is 0 Å². The molecule has 0 aliphatic carbocycles. The molecule has 5 nitrogen and oxygen atoms in total. The van der Waals surface area contributed by atoms with Crippen LogP contribution in [-0.4, -0.2) is 45.4 Å². The first-order chi connectivity index (χ1) is 8.41. The summed E-state index contributed by atoms with van der Waals surface area (Å²) in [7, 11) is 5.00. The highest BCUT2D eigenvalue weighted by molar-refractivity contribution is 7.80. The maximum absolute atomic E-state index is 12.0. The summed E-state index contributed by atoms with van der Waals surface area (Å²) in [5, 5.41) is 0.218. The van der Waals surface area contributed by atoms with Gasteiger partial charge in [0.2, 0.25) is 0 Å². The normalized spacial score (nSPS) is 16.6. The second-order valence-corrected chi connectivity index (χ2v) is 4.54. The largest absolute Gasteiger partial charge is 0.357 e. The maximum atomic E-state index is 12.0. The predicted molar refractivity (Wildman–Crippen MR) is 71.5 cm³/mol. The van der Waals surface area contributed by atoms with Crippen LogP contribution in [-0.2, 0) is 16.6 Å². The second-order valence-electron chi connectivity index (χ2n) is 4.18. The molecule has 1 aromatic heterocycles. The highest BCUT2D eigenvalue weighted by atomic mass is 32.1. The van der Waals surface area contributed by atoms with Gasteiger partial charge in [-0.1, -0.05) is 0 Å². The van der Waals surface area contributed by atoms with Gasteiger partial charge in [-0.3, -0.25) is 19.4 Å². The van der Waals surface area contributed by atoms with E-state index in [-0.39, 0.29) is 22.5 Å². The van der Waals surface area contributed by atoms with Gasteiger partial charge in [0, 0.05) is 33.5 Å². The lowest BCUT2D eigenvalue weighted by molar-refractivity contribution is -0.132. The van der Waals surface area contributed by atoms with Crippen molar-refractivity contribution in [2.45, 2.75) is 0 Å². The number of amides is 2. The molecule has 1 aromatic rings. The SMILES string of the molecule is CN1C(=O)C(=Cc2ccn(C)c2)C(=O)N(C)C1=S. The van der Waals surface area contributed by atoms with Crippen molar-refractivity contribution in [3.8, 4) is 0 Å². The molecule has 94 valence electrons. The quantitative estimate of drug-likeness (QED) is 0.424. The van der Waals surface area contributed by atoms with Crippen LogP contribution in [0.5, 0.6) is 0 Å². The Morgan fingerprint density at radius 3 is 2.11 bits per heavy atom. The molecule has 1 aliphatic heterocycles. The van der Waals surface area contributed by atoms with Gasteiger partial charge in [0.05, 0.1) is 0 Å². The van der Waals surface area contributed by atoms with E-state index in [1.165, 1.54) is 9.80 Å². The molecule has 1 fully saturated rings. The first kappa shape index (κ1) is 12.5. The Morgan fingerprint density at radius 2 is 1.67 bits per heavy atom. The minimum Gasteiger partial charge on any atom is -0.357 e. The number of carbonyl (C=O) groups is 2. The summed E-state index contributed by atoms with van der Waals surface area (Å²) in [5.41, 5.74) is 0.934. The van der Waals surface area contributed by atoms with Crippen LogP contribution < -0.4 is 0 Å². The fraction of sp³-hybridized carbons (Fsp3) is 0.250. The summed E-state index contributed by atoms with van der Waals surface area (Å²) in [5.74, 6) is -0.737. The maximum Gasteiger partial charge on any atom is 0.265 e. The van der Waals surface area contributed by atoms with E-state index in [4.69, 9.17) is 12.2 Å². The molecule has 0 spiro atoms. The number of thiocarbonyl (C=S) groups is 1. The highest BCUT2D eigenvalue weighted by Gasteiger charge is 2.35. The van der Waals surface area contributed by atoms with Crippen molar-refractivity contribution in [2.24, 2.45) is 7.05 Å². The van der Waals surface area contributed by atoms with Crippen molar-refractivity contribution in [1.82, 2.24) is 14.4 Å². The van der Waals surface area contributed by atoms with Gasteiger partial charge in [0.1, 0.15) is 5.57 Å². The standard InChI is InChI=1S/C12H13N3O2S/c1-13-5-4-8(7-13)6-9-10(16)14(2)12(18)15(3)11(9)17/h4-7H,1-3H3. The van der Waals surface area contributed by atoms with E-state index in [1.54, 1.807) is 20.2 Å². The number of aryl methyl sites for hydroxylation is 1. The molecule has 18 heavy (non-hydrogen) atoms. The zero-order valence-corrected chi connectivity index (χ0v) is 11.2. The number of nitrogens with zero attached hydrogens (tertiary/aromatic N) is 3. The molecule has 2 rings (SSSR count). The third-order valence-corrected chi connectivity index (χ3v) is 3.36. The number of likely N-dealkylation sites (N-methyl/N-ethyl adjacent to an activating group) is 2. The summed E-state index contributed by atoms with van der Waals surface area (Å²) in [6.45, 7) is 0. The summed E-state index contributed by atoms with van der Waals surface area (Å²) >= 11 is 5.01. The lowest BCUT2D eigenvalue weighted by Gasteiger charge is -2.31. The fourth-order valence-corrected chi connectivity index (χ4v) is 1.92. The first-order valence-electron chi connectivity index (χ1n) is 5.35. The molecule has 2 amide bonds. The van der Waals surface area contributed by atoms with E-state index in [9.17, 15) is 9.59 Å². The van der Waals surface area contributed by atoms with Crippen LogP contribution in [0.3, 0.4) is 0 Å². The number of hydrogen-bond acceptors (Lipinski definition) is 3. The van der Waals surface area contributed by atoms with Gasteiger partial charge in [0.25, 0.3) is 11.8 Å². The Bertz CT molecular complexity index is 548. The van der Waals surface area contributed by atoms with E-state index in [2.05, 4.69) is 0 Å². The van der Waals surface area contributed by atoms with Gasteiger partial charge in [-0.15, -0.1) is 0 Å². The van der Waals surface area contributed by atoms with Crippen molar-refractivity contribution in [2.75, 3.05) is 14.1 Å². The monoisotopic (exact) mass is 263 g/mol. The number of rotatable bonds is 1. The summed E-state index contributed by atoms with van der Waals surface area (Å²) < 4.78 is 1.85. The van der Waals surface area contributed by atoms with Crippen LogP contribution >= 0.6 is 12.2 Å². The van der Waals surface area contributed by atoms with Crippen LogP contribution in [0.15, 0.2) is 24.0 Å². The molecule has 0 radical (unpaired) electrons. The predicted octanol–water partition coefficient (Wildman–Crippen LogP) is 0.624. The Labute approximate surface area is 110 Å². The van der Waals surface area contributed by atoms with E-state index < -0.39 is 0 Å². The molecule has 0 aromatic carbocycles. The van der Waals surface area contributed by atoms with E-state index in [0.717, 1.165) is 5.56 Å². The molecule has 1 saturated heterocycles. The molecule has 0 saturated carbocycles. The van der Waals surface area contributed by atoms with Crippen molar-refractivity contribution in [1.29, 1.82) is 0 Å². The van der Waals surface area contributed by atoms with Crippen LogP contribution in [0.2, 0.25) is 0 Å². The molecule has 2 heterocycles. The van der Waals surface area contributed by atoms with E-state index >= 15 is 0 Å². The average Bonchev–Trinajstić information content (AvgIpc) is 2.75. The van der Waals surface area contributed by atoms with Gasteiger partial charge in [-0.05, 0) is 29.9 Å². The number of carbonyl (C=O) groups excluding carboxylic acids is 2. The number of aromatic nitrogens is 1. The zero-order valence-electron chi connectivity index (χ0n) is 10.4. The van der Waals surface area contributed by atoms with Gasteiger partial charge in [0.15, 0.2) is 5.11 Å². The Hall–Kier alpha value is -1.95. The van der Waals surface area contributed by atoms with Crippen molar-refractivity contribution < 1.29 is 9.59 Å². The van der Waals surface area contributed by atoms with Gasteiger partial charge in [-0.2, -0.15) is 0 Å². The Kier molecular flexibility index (Phi) is 3.04. The molecular formula is C12H13N3O2S. The topological polar surface area (TPSA) is 45.6 Å². The fourth-order valence-electron chi connectivity index (χ4n) is 1.75. The average molecular weight is 263 g/mol. The minimum atomic E-state index is -0.369. The smallest absolute Gasteiger partial charge is 0.265 e. The van der Waals surface area contributed by atoms with Gasteiger partial charge < -0.3 is 4.57 Å². The van der Waals surface area contributed by atoms with Crippen molar-refractivity contribution in [3.05, 3.63) is 29.6 Å². The lowest BCUT2D eigenvalue weighted by atomic mass is 10.1. The zero-order chi connectivity index (χ0) is 13.4. The summed E-state index contributed by atoms with van der Waals surface area (Å²) in [6, 6.07) is 1.83. The summed E-state index contributed by atoms with van der Waals surface area (Å²) in [4.78, 5) is 26.6. The van der Waals surface area contributed by atoms with Crippen LogP contribution in [0, 0.1) is 0 Å². The molecular weight excluding hydrogens is 250 g/mol. The number of hydrogen-bond donors (Lipinski definition) is 0. The molecule has 6 heteroatoms. The molecule has 0 unspecified atom stereocenters. The van der Waals surface area contributed by atoms with Crippen LogP contribution in [0.1, 0.15) is 5.56 Å². The summed E-state index contributed by atoms with van der Waals surface area (Å²) in [6.07, 6.45) is 5.27. The Morgan fingerprint density at radius 1 is 1.11 bits per heavy atom. The molecule has 1 aliphatic rings. The highest BCUT2D eigenvalue weighted by Crippen LogP contribution is 2.17. The van der Waals surface area contributed by atoms with E-state index in [1.807, 2.05) is 30.1 Å². The molecule has 0 N–H and O–H groups in total.